The van der Waals surface area contributed by atoms with Crippen LogP contribution in [0.1, 0.15) is 44.8 Å². The quantitative estimate of drug-likeness (QED) is 0.906. The van der Waals surface area contributed by atoms with E-state index in [-0.39, 0.29) is 18.1 Å². The molecule has 1 aliphatic heterocycles. The van der Waals surface area contributed by atoms with E-state index in [1.165, 1.54) is 0 Å². The van der Waals surface area contributed by atoms with Crippen LogP contribution >= 0.6 is 0 Å². The van der Waals surface area contributed by atoms with Crippen LogP contribution in [0.25, 0.3) is 0 Å². The smallest absolute Gasteiger partial charge is 0.241 e. The predicted molar refractivity (Wildman–Crippen MR) is 82.0 cm³/mol. The molecule has 1 amide bonds. The molecule has 21 heavy (non-hydrogen) atoms. The number of rotatable bonds is 5. The Labute approximate surface area is 126 Å². The number of hydrogen-bond donors (Lipinski definition) is 1. The highest BCUT2D eigenvalue weighted by molar-refractivity contribution is 5.85. The lowest BCUT2D eigenvalue weighted by Gasteiger charge is -2.24. The Hall–Kier alpha value is -1.55. The standard InChI is InChI=1S/C17H24N2O2/c1-4-11(2)15-17(20)19(13-8-9-13)16(18-15)12-6-5-7-14(10-12)21-3/h5-7,10-11,13,15-16,18H,4,8-9H2,1-3H3. The average molecular weight is 288 g/mol. The van der Waals surface area contributed by atoms with Crippen molar-refractivity contribution in [3.05, 3.63) is 29.8 Å². The van der Waals surface area contributed by atoms with Crippen molar-refractivity contribution in [2.24, 2.45) is 5.92 Å². The number of hydrogen-bond acceptors (Lipinski definition) is 3. The summed E-state index contributed by atoms with van der Waals surface area (Å²) in [4.78, 5) is 14.8. The van der Waals surface area contributed by atoms with Crippen molar-refractivity contribution in [3.8, 4) is 5.75 Å². The maximum Gasteiger partial charge on any atom is 0.241 e. The van der Waals surface area contributed by atoms with Gasteiger partial charge in [-0.1, -0.05) is 32.4 Å². The molecule has 1 heterocycles. The second-order valence-corrected chi connectivity index (χ2v) is 6.19. The zero-order valence-corrected chi connectivity index (χ0v) is 13.0. The van der Waals surface area contributed by atoms with Crippen molar-refractivity contribution >= 4 is 5.91 Å². The molecule has 2 aliphatic rings. The lowest BCUT2D eigenvalue weighted by atomic mass is 9.99. The van der Waals surface area contributed by atoms with E-state index in [0.717, 1.165) is 30.6 Å². The SMILES string of the molecule is CCC(C)C1NC(c2cccc(OC)c2)N(C2CC2)C1=O. The molecule has 1 saturated carbocycles. The minimum atomic E-state index is -0.0631. The van der Waals surface area contributed by atoms with Crippen molar-refractivity contribution in [1.82, 2.24) is 10.2 Å². The fourth-order valence-electron chi connectivity index (χ4n) is 3.06. The second kappa shape index (κ2) is 5.68. The highest BCUT2D eigenvalue weighted by Gasteiger charge is 2.47. The third kappa shape index (κ3) is 2.64. The summed E-state index contributed by atoms with van der Waals surface area (Å²) in [5.41, 5.74) is 1.11. The molecule has 1 aromatic carbocycles. The van der Waals surface area contributed by atoms with E-state index in [0.29, 0.717) is 12.0 Å². The number of nitrogens with one attached hydrogen (secondary N) is 1. The van der Waals surface area contributed by atoms with Gasteiger partial charge in [0.05, 0.1) is 13.2 Å². The van der Waals surface area contributed by atoms with Crippen molar-refractivity contribution in [1.29, 1.82) is 0 Å². The highest BCUT2D eigenvalue weighted by atomic mass is 16.5. The average Bonchev–Trinajstić information content (AvgIpc) is 3.29. The summed E-state index contributed by atoms with van der Waals surface area (Å²) in [5, 5.41) is 3.55. The first-order valence-electron chi connectivity index (χ1n) is 7.88. The second-order valence-electron chi connectivity index (χ2n) is 6.19. The number of methoxy groups -OCH3 is 1. The van der Waals surface area contributed by atoms with Crippen LogP contribution in [-0.4, -0.2) is 30.0 Å². The Kier molecular flexibility index (Phi) is 3.89. The number of amides is 1. The van der Waals surface area contributed by atoms with Crippen LogP contribution in [0.15, 0.2) is 24.3 Å². The Balaban J connectivity index is 1.90. The van der Waals surface area contributed by atoms with Gasteiger partial charge in [-0.3, -0.25) is 10.1 Å². The lowest BCUT2D eigenvalue weighted by molar-refractivity contribution is -0.131. The molecule has 1 N–H and O–H groups in total. The summed E-state index contributed by atoms with van der Waals surface area (Å²) in [6, 6.07) is 8.37. The third-order valence-corrected chi connectivity index (χ3v) is 4.70. The molecule has 3 rings (SSSR count). The summed E-state index contributed by atoms with van der Waals surface area (Å²) in [6.07, 6.45) is 3.24. The molecule has 1 aliphatic carbocycles. The molecule has 0 radical (unpaired) electrons. The summed E-state index contributed by atoms with van der Waals surface area (Å²) in [5.74, 6) is 1.46. The monoisotopic (exact) mass is 288 g/mol. The molecule has 3 atom stereocenters. The Morgan fingerprint density at radius 2 is 2.19 bits per heavy atom. The normalized spacial score (nSPS) is 27.0. The number of nitrogens with zero attached hydrogens (tertiary/aromatic N) is 1. The fraction of sp³-hybridized carbons (Fsp3) is 0.588. The van der Waals surface area contributed by atoms with Crippen LogP contribution in [0.2, 0.25) is 0 Å². The van der Waals surface area contributed by atoms with Gasteiger partial charge in [0, 0.05) is 6.04 Å². The van der Waals surface area contributed by atoms with Gasteiger partial charge in [0.25, 0.3) is 0 Å². The summed E-state index contributed by atoms with van der Waals surface area (Å²) < 4.78 is 5.32. The zero-order valence-electron chi connectivity index (χ0n) is 13.0. The van der Waals surface area contributed by atoms with Gasteiger partial charge in [-0.2, -0.15) is 0 Å². The van der Waals surface area contributed by atoms with Gasteiger partial charge in [0.1, 0.15) is 11.9 Å². The number of carbonyl (C=O) groups is 1. The molecule has 114 valence electrons. The first kappa shape index (κ1) is 14.4. The maximum atomic E-state index is 12.8. The summed E-state index contributed by atoms with van der Waals surface area (Å²) in [7, 11) is 1.67. The van der Waals surface area contributed by atoms with Gasteiger partial charge < -0.3 is 9.64 Å². The van der Waals surface area contributed by atoms with E-state index in [1.807, 2.05) is 18.2 Å². The van der Waals surface area contributed by atoms with Gasteiger partial charge in [-0.05, 0) is 36.5 Å². The molecular weight excluding hydrogens is 264 g/mol. The predicted octanol–water partition coefficient (Wildman–Crippen LogP) is 2.70. The van der Waals surface area contributed by atoms with Crippen molar-refractivity contribution in [2.75, 3.05) is 7.11 Å². The molecule has 0 spiro atoms. The van der Waals surface area contributed by atoms with E-state index in [1.54, 1.807) is 7.11 Å². The molecule has 0 bridgehead atoms. The molecular formula is C17H24N2O2. The molecule has 1 saturated heterocycles. The number of ether oxygens (including phenoxy) is 1. The Morgan fingerprint density at radius 1 is 1.43 bits per heavy atom. The van der Waals surface area contributed by atoms with Gasteiger partial charge in [0.2, 0.25) is 5.91 Å². The minimum absolute atomic E-state index is 0.0147. The van der Waals surface area contributed by atoms with E-state index in [2.05, 4.69) is 30.1 Å². The van der Waals surface area contributed by atoms with E-state index < -0.39 is 0 Å². The van der Waals surface area contributed by atoms with Gasteiger partial charge in [-0.25, -0.2) is 0 Å². The maximum absolute atomic E-state index is 12.8. The first-order chi connectivity index (χ1) is 10.2. The molecule has 2 fully saturated rings. The molecule has 1 aromatic rings. The lowest BCUT2D eigenvalue weighted by Crippen LogP contribution is -2.36. The zero-order chi connectivity index (χ0) is 15.0. The summed E-state index contributed by atoms with van der Waals surface area (Å²) >= 11 is 0. The number of benzene rings is 1. The van der Waals surface area contributed by atoms with Crippen molar-refractivity contribution < 1.29 is 9.53 Å². The molecule has 4 heteroatoms. The topological polar surface area (TPSA) is 41.6 Å². The van der Waals surface area contributed by atoms with E-state index >= 15 is 0 Å². The van der Waals surface area contributed by atoms with Gasteiger partial charge >= 0.3 is 0 Å². The molecule has 4 nitrogen and oxygen atoms in total. The van der Waals surface area contributed by atoms with Crippen LogP contribution < -0.4 is 10.1 Å². The van der Waals surface area contributed by atoms with Crippen molar-refractivity contribution in [2.45, 2.75) is 51.4 Å². The largest absolute Gasteiger partial charge is 0.497 e. The van der Waals surface area contributed by atoms with Crippen LogP contribution in [-0.2, 0) is 4.79 Å². The highest BCUT2D eigenvalue weighted by Crippen LogP contribution is 2.39. The van der Waals surface area contributed by atoms with Gasteiger partial charge in [0.15, 0.2) is 0 Å². The van der Waals surface area contributed by atoms with Crippen LogP contribution in [0, 0.1) is 5.92 Å². The Morgan fingerprint density at radius 3 is 2.81 bits per heavy atom. The number of carbonyl (C=O) groups excluding carboxylic acids is 1. The van der Waals surface area contributed by atoms with E-state index in [4.69, 9.17) is 4.74 Å². The van der Waals surface area contributed by atoms with Gasteiger partial charge in [-0.15, -0.1) is 0 Å². The van der Waals surface area contributed by atoms with Crippen LogP contribution in [0.3, 0.4) is 0 Å². The minimum Gasteiger partial charge on any atom is -0.497 e. The van der Waals surface area contributed by atoms with Crippen molar-refractivity contribution in [3.63, 3.8) is 0 Å². The fourth-order valence-corrected chi connectivity index (χ4v) is 3.06. The Bertz CT molecular complexity index is 527. The first-order valence-corrected chi connectivity index (χ1v) is 7.88. The van der Waals surface area contributed by atoms with E-state index in [9.17, 15) is 4.79 Å². The molecule has 3 unspecified atom stereocenters. The van der Waals surface area contributed by atoms with Crippen LogP contribution in [0.5, 0.6) is 5.75 Å². The van der Waals surface area contributed by atoms with Crippen LogP contribution in [0.4, 0.5) is 0 Å². The molecule has 0 aromatic heterocycles. The summed E-state index contributed by atoms with van der Waals surface area (Å²) in [6.45, 7) is 4.29. The third-order valence-electron chi connectivity index (χ3n) is 4.70.